The van der Waals surface area contributed by atoms with Crippen molar-refractivity contribution in [3.8, 4) is 0 Å². The van der Waals surface area contributed by atoms with E-state index in [1.54, 1.807) is 0 Å². The quantitative estimate of drug-likeness (QED) is 0.219. The van der Waals surface area contributed by atoms with Gasteiger partial charge in [-0.15, -0.1) is 0 Å². The molecular formula is C6H18N2O5Si. The summed E-state index contributed by atoms with van der Waals surface area (Å²) in [6, 6.07) is -0.716. The zero-order valence-electron chi connectivity index (χ0n) is 7.83. The number of hydrogen-bond donors (Lipinski definition) is 6. The molecule has 0 heterocycles. The van der Waals surface area contributed by atoms with Crippen LogP contribution in [0.4, 0.5) is 0 Å². The first-order valence-corrected chi connectivity index (χ1v) is 5.69. The first-order chi connectivity index (χ1) is 6.41. The summed E-state index contributed by atoms with van der Waals surface area (Å²) in [6.45, 7) is 0.604. The molecule has 0 rings (SSSR count). The van der Waals surface area contributed by atoms with Gasteiger partial charge in [0.25, 0.3) is 0 Å². The van der Waals surface area contributed by atoms with E-state index in [0.29, 0.717) is 13.0 Å². The van der Waals surface area contributed by atoms with Gasteiger partial charge in [-0.3, -0.25) is 4.79 Å². The predicted molar refractivity (Wildman–Crippen MR) is 52.3 cm³/mol. The van der Waals surface area contributed by atoms with E-state index in [-0.39, 0.29) is 0 Å². The van der Waals surface area contributed by atoms with Crippen LogP contribution in [-0.2, 0) is 4.79 Å². The Morgan fingerprint density at radius 1 is 1.29 bits per heavy atom. The van der Waals surface area contributed by atoms with Crippen LogP contribution in [0.2, 0.25) is 0 Å². The maximum Gasteiger partial charge on any atom is 0.475 e. The highest BCUT2D eigenvalue weighted by Gasteiger charge is 2.09. The normalized spacial score (nSPS) is 11.9. The molecule has 0 saturated carbocycles. The molecule has 86 valence electrons. The highest BCUT2D eigenvalue weighted by Crippen LogP contribution is 1.96. The van der Waals surface area contributed by atoms with E-state index < -0.39 is 21.5 Å². The van der Waals surface area contributed by atoms with Crippen LogP contribution in [0.1, 0.15) is 19.3 Å². The molecular weight excluding hydrogens is 208 g/mol. The molecule has 0 amide bonds. The van der Waals surface area contributed by atoms with Crippen molar-refractivity contribution in [2.24, 2.45) is 11.5 Å². The summed E-state index contributed by atoms with van der Waals surface area (Å²) in [6.07, 6.45) is 2.16. The van der Waals surface area contributed by atoms with Gasteiger partial charge in [0.15, 0.2) is 0 Å². The first-order valence-electron chi connectivity index (χ1n) is 4.14. The van der Waals surface area contributed by atoms with Crippen molar-refractivity contribution in [1.29, 1.82) is 0 Å². The summed E-state index contributed by atoms with van der Waals surface area (Å²) >= 11 is 0. The molecule has 0 aromatic heterocycles. The average Bonchev–Trinajstić information content (AvgIpc) is 2.03. The van der Waals surface area contributed by atoms with Gasteiger partial charge in [0, 0.05) is 0 Å². The third kappa shape index (κ3) is 17.5. The number of rotatable bonds is 5. The molecule has 0 saturated heterocycles. The van der Waals surface area contributed by atoms with Gasteiger partial charge in [-0.25, -0.2) is 0 Å². The Kier molecular flexibility index (Phi) is 12.0. The molecule has 8 N–H and O–H groups in total. The molecule has 0 radical (unpaired) electrons. The Bertz CT molecular complexity index is 143. The van der Waals surface area contributed by atoms with Gasteiger partial charge >= 0.3 is 15.5 Å². The van der Waals surface area contributed by atoms with Crippen LogP contribution < -0.4 is 11.5 Å². The molecule has 0 aliphatic carbocycles. The van der Waals surface area contributed by atoms with Crippen molar-refractivity contribution < 1.29 is 24.3 Å². The molecule has 0 aromatic carbocycles. The maximum atomic E-state index is 10.1. The van der Waals surface area contributed by atoms with Crippen molar-refractivity contribution >= 4 is 15.5 Å². The lowest BCUT2D eigenvalue weighted by atomic mass is 10.1. The first kappa shape index (κ1) is 15.9. The molecule has 0 fully saturated rings. The van der Waals surface area contributed by atoms with Crippen molar-refractivity contribution in [2.75, 3.05) is 6.54 Å². The fraction of sp³-hybridized carbons (Fsp3) is 0.833. The van der Waals surface area contributed by atoms with E-state index in [2.05, 4.69) is 0 Å². The van der Waals surface area contributed by atoms with Crippen LogP contribution >= 0.6 is 0 Å². The Balaban J connectivity index is 0. The van der Waals surface area contributed by atoms with E-state index in [1.807, 2.05) is 0 Å². The van der Waals surface area contributed by atoms with Gasteiger partial charge in [0.05, 0.1) is 0 Å². The van der Waals surface area contributed by atoms with Gasteiger partial charge in [-0.1, -0.05) is 6.42 Å². The van der Waals surface area contributed by atoms with Gasteiger partial charge in [0.1, 0.15) is 6.04 Å². The summed E-state index contributed by atoms with van der Waals surface area (Å²) in [5, 5.41) is 8.33. The Morgan fingerprint density at radius 2 is 1.71 bits per heavy atom. The minimum atomic E-state index is -3.14. The summed E-state index contributed by atoms with van der Waals surface area (Å²) in [4.78, 5) is 32.1. The van der Waals surface area contributed by atoms with Crippen molar-refractivity contribution in [1.82, 2.24) is 0 Å². The summed E-state index contributed by atoms with van der Waals surface area (Å²) < 4.78 is 0. The lowest BCUT2D eigenvalue weighted by Crippen LogP contribution is -2.29. The van der Waals surface area contributed by atoms with Crippen LogP contribution in [0.3, 0.4) is 0 Å². The Labute approximate surface area is 83.9 Å². The molecule has 0 aliphatic rings. The molecule has 1 atom stereocenters. The summed E-state index contributed by atoms with van der Waals surface area (Å²) in [7, 11) is -3.14. The van der Waals surface area contributed by atoms with Crippen molar-refractivity contribution in [3.05, 3.63) is 0 Å². The van der Waals surface area contributed by atoms with Crippen molar-refractivity contribution in [2.45, 2.75) is 25.3 Å². The van der Waals surface area contributed by atoms with Crippen LogP contribution in [-0.4, -0.2) is 47.6 Å². The molecule has 0 spiro atoms. The minimum Gasteiger partial charge on any atom is -0.480 e. The fourth-order valence-corrected chi connectivity index (χ4v) is 0.632. The lowest BCUT2D eigenvalue weighted by Gasteiger charge is -2.03. The molecule has 0 aromatic rings. The third-order valence-corrected chi connectivity index (χ3v) is 1.29. The predicted octanol–water partition coefficient (Wildman–Crippen LogP) is -2.79. The van der Waals surface area contributed by atoms with E-state index in [0.717, 1.165) is 12.8 Å². The second-order valence-electron chi connectivity index (χ2n) is 2.58. The number of carboxylic acid groups (broad SMARTS) is 1. The number of hydrogen-bond acceptors (Lipinski definition) is 6. The smallest absolute Gasteiger partial charge is 0.475 e. The van der Waals surface area contributed by atoms with Crippen LogP contribution in [0, 0.1) is 0 Å². The van der Waals surface area contributed by atoms with Gasteiger partial charge in [0.2, 0.25) is 0 Å². The van der Waals surface area contributed by atoms with E-state index >= 15 is 0 Å². The van der Waals surface area contributed by atoms with Gasteiger partial charge in [-0.05, 0) is 19.4 Å². The van der Waals surface area contributed by atoms with E-state index in [4.69, 9.17) is 31.0 Å². The topological polar surface area (TPSA) is 150 Å². The maximum absolute atomic E-state index is 10.1. The standard InChI is InChI=1S/C6H14N2O2.H4O3Si/c7-4-2-1-3-5(8)6(9)10;1-4(2)3/h5H,1-4,7-8H2,(H,9,10);1-4H/t5-;/m0./s1. The molecule has 0 aliphatic heterocycles. The van der Waals surface area contributed by atoms with Crippen LogP contribution in [0.15, 0.2) is 0 Å². The fourth-order valence-electron chi connectivity index (χ4n) is 0.632. The summed E-state index contributed by atoms with van der Waals surface area (Å²) in [5.74, 6) is -0.933. The summed E-state index contributed by atoms with van der Waals surface area (Å²) in [5.41, 5.74) is 10.4. The number of nitrogens with two attached hydrogens (primary N) is 2. The monoisotopic (exact) mass is 226 g/mol. The van der Waals surface area contributed by atoms with Crippen LogP contribution in [0.25, 0.3) is 0 Å². The largest absolute Gasteiger partial charge is 0.480 e. The van der Waals surface area contributed by atoms with E-state index in [9.17, 15) is 4.79 Å². The zero-order chi connectivity index (χ0) is 11.6. The molecule has 8 heteroatoms. The molecule has 0 unspecified atom stereocenters. The number of carboxylic acids is 1. The molecule has 14 heavy (non-hydrogen) atoms. The lowest BCUT2D eigenvalue weighted by molar-refractivity contribution is -0.138. The van der Waals surface area contributed by atoms with Crippen LogP contribution in [0.5, 0.6) is 0 Å². The minimum absolute atomic E-state index is 0.520. The highest BCUT2D eigenvalue weighted by atomic mass is 28.3. The van der Waals surface area contributed by atoms with Crippen molar-refractivity contribution in [3.63, 3.8) is 0 Å². The Morgan fingerprint density at radius 3 is 2.00 bits per heavy atom. The average molecular weight is 226 g/mol. The highest BCUT2D eigenvalue weighted by molar-refractivity contribution is 6.30. The Hall–Kier alpha value is -0.513. The van der Waals surface area contributed by atoms with E-state index in [1.165, 1.54) is 0 Å². The zero-order valence-corrected chi connectivity index (χ0v) is 8.99. The molecule has 7 nitrogen and oxygen atoms in total. The molecule has 0 bridgehead atoms. The SMILES string of the molecule is NCCCC[C@H](N)C(=O)O.O[SiH](O)O. The van der Waals surface area contributed by atoms with Gasteiger partial charge < -0.3 is 31.0 Å². The second-order valence-corrected chi connectivity index (χ2v) is 3.27. The number of carbonyl (C=O) groups is 1. The number of unbranched alkanes of at least 4 members (excludes halogenated alkanes) is 1. The van der Waals surface area contributed by atoms with Gasteiger partial charge in [-0.2, -0.15) is 0 Å². The third-order valence-electron chi connectivity index (χ3n) is 1.29. The number of aliphatic carboxylic acids is 1. The second kappa shape index (κ2) is 10.6.